The van der Waals surface area contributed by atoms with Crippen molar-refractivity contribution < 1.29 is 0 Å². The van der Waals surface area contributed by atoms with Gasteiger partial charge in [-0.3, -0.25) is 4.57 Å². The van der Waals surface area contributed by atoms with Gasteiger partial charge in [0.15, 0.2) is 0 Å². The van der Waals surface area contributed by atoms with Gasteiger partial charge in [-0.2, -0.15) is 4.98 Å². The van der Waals surface area contributed by atoms with Crippen LogP contribution in [0.1, 0.15) is 38.1 Å². The Bertz CT molecular complexity index is 813. The van der Waals surface area contributed by atoms with Gasteiger partial charge in [0.25, 0.3) is 0 Å². The van der Waals surface area contributed by atoms with E-state index in [1.54, 1.807) is 10.8 Å². The maximum absolute atomic E-state index is 12.1. The number of hydrogen-bond donors (Lipinski definition) is 2. The van der Waals surface area contributed by atoms with Gasteiger partial charge in [-0.15, -0.1) is 0 Å². The van der Waals surface area contributed by atoms with Crippen molar-refractivity contribution in [2.45, 2.75) is 33.7 Å². The van der Waals surface area contributed by atoms with Crippen molar-refractivity contribution in [1.82, 2.24) is 14.5 Å². The molecule has 0 radical (unpaired) electrons. The fourth-order valence-corrected chi connectivity index (χ4v) is 2.25. The van der Waals surface area contributed by atoms with E-state index in [4.69, 9.17) is 5.73 Å². The molecule has 0 aliphatic heterocycles. The van der Waals surface area contributed by atoms with Gasteiger partial charge in [0, 0.05) is 23.3 Å². The molecular formula is C17H22N4O. The summed E-state index contributed by atoms with van der Waals surface area (Å²) < 4.78 is 1.54. The SMILES string of the molecule is CC.Cc1cc2cn(-c3ccc([C@H](C)N)cc3)c(=O)nc2[nH]1. The van der Waals surface area contributed by atoms with Gasteiger partial charge in [-0.25, -0.2) is 4.79 Å². The Balaban J connectivity index is 0.000000847. The molecule has 3 aromatic rings. The third kappa shape index (κ3) is 3.09. The molecule has 2 aromatic heterocycles. The van der Waals surface area contributed by atoms with Crippen molar-refractivity contribution in [1.29, 1.82) is 0 Å². The zero-order valence-electron chi connectivity index (χ0n) is 13.4. The standard InChI is InChI=1S/C15H16N4O.C2H6/c1-9-7-12-8-19(15(20)18-14(12)17-9)13-5-3-11(4-6-13)10(2)16;1-2/h3-8,10H,16H2,1-2H3,(H,17,18,20);1-2H3/t10-;/m0./s1. The molecule has 0 unspecified atom stereocenters. The number of rotatable bonds is 2. The molecule has 3 N–H and O–H groups in total. The molecule has 1 aromatic carbocycles. The van der Waals surface area contributed by atoms with Gasteiger partial charge < -0.3 is 10.7 Å². The number of fused-ring (bicyclic) bond motifs is 1. The van der Waals surface area contributed by atoms with Crippen LogP contribution in [0.25, 0.3) is 16.7 Å². The number of aromatic amines is 1. The minimum Gasteiger partial charge on any atom is -0.343 e. The van der Waals surface area contributed by atoms with Crippen LogP contribution in [0.5, 0.6) is 0 Å². The lowest BCUT2D eigenvalue weighted by atomic mass is 10.1. The average molecular weight is 298 g/mol. The van der Waals surface area contributed by atoms with Gasteiger partial charge in [-0.1, -0.05) is 26.0 Å². The molecule has 0 aliphatic rings. The van der Waals surface area contributed by atoms with Crippen LogP contribution in [0.2, 0.25) is 0 Å². The normalized spacial score (nSPS) is 11.9. The summed E-state index contributed by atoms with van der Waals surface area (Å²) in [5, 5.41) is 0.915. The van der Waals surface area contributed by atoms with E-state index in [9.17, 15) is 4.79 Å². The molecule has 1 atom stereocenters. The Morgan fingerprint density at radius 3 is 2.45 bits per heavy atom. The molecule has 0 aliphatic carbocycles. The van der Waals surface area contributed by atoms with Crippen LogP contribution in [0.3, 0.4) is 0 Å². The first-order valence-electron chi connectivity index (χ1n) is 7.49. The molecule has 3 rings (SSSR count). The molecule has 116 valence electrons. The van der Waals surface area contributed by atoms with E-state index in [0.29, 0.717) is 5.65 Å². The predicted molar refractivity (Wildman–Crippen MR) is 90.4 cm³/mol. The summed E-state index contributed by atoms with van der Waals surface area (Å²) in [7, 11) is 0. The average Bonchev–Trinajstić information content (AvgIpc) is 2.87. The molecule has 0 amide bonds. The smallest absolute Gasteiger partial charge is 0.343 e. The summed E-state index contributed by atoms with van der Waals surface area (Å²) in [4.78, 5) is 19.2. The number of H-pyrrole nitrogens is 1. The molecular weight excluding hydrogens is 276 g/mol. The van der Waals surface area contributed by atoms with E-state index in [1.165, 1.54) is 0 Å². The first-order chi connectivity index (χ1) is 10.5. The van der Waals surface area contributed by atoms with Crippen LogP contribution in [-0.2, 0) is 0 Å². The summed E-state index contributed by atoms with van der Waals surface area (Å²) in [6.45, 7) is 7.87. The van der Waals surface area contributed by atoms with Crippen molar-refractivity contribution in [3.05, 3.63) is 58.3 Å². The second-order valence-electron chi connectivity index (χ2n) is 5.03. The minimum atomic E-state index is -0.298. The highest BCUT2D eigenvalue weighted by Gasteiger charge is 2.06. The van der Waals surface area contributed by atoms with Gasteiger partial charge >= 0.3 is 5.69 Å². The number of benzene rings is 1. The summed E-state index contributed by atoms with van der Waals surface area (Å²) in [5.74, 6) is 0. The third-order valence-corrected chi connectivity index (χ3v) is 3.34. The molecule has 0 spiro atoms. The Labute approximate surface area is 129 Å². The molecule has 22 heavy (non-hydrogen) atoms. The van der Waals surface area contributed by atoms with Crippen LogP contribution in [0.15, 0.2) is 41.3 Å². The van der Waals surface area contributed by atoms with Gasteiger partial charge in [0.1, 0.15) is 5.65 Å². The minimum absolute atomic E-state index is 0.0197. The fraction of sp³-hybridized carbons (Fsp3) is 0.294. The second kappa shape index (κ2) is 6.58. The van der Waals surface area contributed by atoms with Crippen LogP contribution in [0.4, 0.5) is 0 Å². The largest absolute Gasteiger partial charge is 0.354 e. The Hall–Kier alpha value is -2.40. The number of nitrogens with one attached hydrogen (secondary N) is 1. The second-order valence-corrected chi connectivity index (χ2v) is 5.03. The Morgan fingerprint density at radius 1 is 1.23 bits per heavy atom. The number of nitrogens with two attached hydrogens (primary N) is 1. The van der Waals surface area contributed by atoms with Crippen molar-refractivity contribution in [2.75, 3.05) is 0 Å². The van der Waals surface area contributed by atoms with E-state index < -0.39 is 0 Å². The highest BCUT2D eigenvalue weighted by Crippen LogP contribution is 2.15. The van der Waals surface area contributed by atoms with Gasteiger partial charge in [-0.05, 0) is 37.6 Å². The molecule has 0 saturated heterocycles. The van der Waals surface area contributed by atoms with E-state index in [1.807, 2.05) is 58.0 Å². The molecule has 0 bridgehead atoms. The van der Waals surface area contributed by atoms with Crippen LogP contribution in [0, 0.1) is 6.92 Å². The van der Waals surface area contributed by atoms with Crippen LogP contribution in [-0.4, -0.2) is 14.5 Å². The molecule has 5 nitrogen and oxygen atoms in total. The summed E-state index contributed by atoms with van der Waals surface area (Å²) in [6.07, 6.45) is 1.80. The van der Waals surface area contributed by atoms with Crippen LogP contribution >= 0.6 is 0 Å². The van der Waals surface area contributed by atoms with E-state index in [2.05, 4.69) is 9.97 Å². The Morgan fingerprint density at radius 2 is 1.86 bits per heavy atom. The lowest BCUT2D eigenvalue weighted by molar-refractivity contribution is 0.816. The summed E-state index contributed by atoms with van der Waals surface area (Å²) >= 11 is 0. The van der Waals surface area contributed by atoms with Gasteiger partial charge in [0.2, 0.25) is 0 Å². The third-order valence-electron chi connectivity index (χ3n) is 3.34. The lowest BCUT2D eigenvalue weighted by Gasteiger charge is -2.08. The number of nitrogens with zero attached hydrogens (tertiary/aromatic N) is 2. The quantitative estimate of drug-likeness (QED) is 0.763. The predicted octanol–water partition coefficient (Wildman–Crippen LogP) is 3.07. The maximum Gasteiger partial charge on any atom is 0.354 e. The topological polar surface area (TPSA) is 76.7 Å². The first kappa shape index (κ1) is 16.0. The lowest BCUT2D eigenvalue weighted by Crippen LogP contribution is -2.20. The zero-order chi connectivity index (χ0) is 16.3. The van der Waals surface area contributed by atoms with E-state index in [-0.39, 0.29) is 11.7 Å². The number of aromatic nitrogens is 3. The molecule has 0 fully saturated rings. The van der Waals surface area contributed by atoms with E-state index >= 15 is 0 Å². The van der Waals surface area contributed by atoms with Crippen LogP contribution < -0.4 is 11.4 Å². The van der Waals surface area contributed by atoms with Crippen molar-refractivity contribution >= 4 is 11.0 Å². The van der Waals surface area contributed by atoms with Crippen molar-refractivity contribution in [3.63, 3.8) is 0 Å². The highest BCUT2D eigenvalue weighted by molar-refractivity contribution is 5.75. The maximum atomic E-state index is 12.1. The van der Waals surface area contributed by atoms with Crippen molar-refractivity contribution in [2.24, 2.45) is 5.73 Å². The van der Waals surface area contributed by atoms with E-state index in [0.717, 1.165) is 22.3 Å². The summed E-state index contributed by atoms with van der Waals surface area (Å²) in [5.41, 5.74) is 8.95. The Kier molecular flexibility index (Phi) is 4.78. The molecule has 2 heterocycles. The van der Waals surface area contributed by atoms with Gasteiger partial charge in [0.05, 0.1) is 5.69 Å². The first-order valence-corrected chi connectivity index (χ1v) is 7.49. The molecule has 5 heteroatoms. The van der Waals surface area contributed by atoms with Crippen molar-refractivity contribution in [3.8, 4) is 5.69 Å². The number of aryl methyl sites for hydroxylation is 1. The number of hydrogen-bond acceptors (Lipinski definition) is 3. The fourth-order valence-electron chi connectivity index (χ4n) is 2.25. The molecule has 0 saturated carbocycles. The zero-order valence-corrected chi connectivity index (χ0v) is 13.4. The highest BCUT2D eigenvalue weighted by atomic mass is 16.1. The monoisotopic (exact) mass is 298 g/mol. The summed E-state index contributed by atoms with van der Waals surface area (Å²) in [6, 6.07) is 9.57.